The molecule has 0 unspecified atom stereocenters. The van der Waals surface area contributed by atoms with Gasteiger partial charge in [0.25, 0.3) is 0 Å². The smallest absolute Gasteiger partial charge is 0.328 e. The number of unbranched alkanes of at least 4 members (excludes halogenated alkanes) is 14. The zero-order valence-electron chi connectivity index (χ0n) is 28.5. The Morgan fingerprint density at radius 2 is 0.826 bits per heavy atom. The third-order valence-electron chi connectivity index (χ3n) is 6.66. The highest BCUT2D eigenvalue weighted by molar-refractivity contribution is 5.92. The Labute approximate surface area is 279 Å². The van der Waals surface area contributed by atoms with Crippen LogP contribution in [-0.2, 0) is 19.2 Å². The van der Waals surface area contributed by atoms with Crippen molar-refractivity contribution >= 4 is 23.5 Å². The summed E-state index contributed by atoms with van der Waals surface area (Å²) in [7, 11) is 0. The van der Waals surface area contributed by atoms with Crippen molar-refractivity contribution in [2.45, 2.75) is 129 Å². The fourth-order valence-corrected chi connectivity index (χ4v) is 4.10. The number of carbonyl (C=O) groups is 4. The predicted octanol–water partition coefficient (Wildman–Crippen LogP) is 10.8. The molecule has 0 aliphatic rings. The molecule has 0 spiro atoms. The van der Waals surface area contributed by atoms with Gasteiger partial charge in [0.15, 0.2) is 11.6 Å². The van der Waals surface area contributed by atoms with Crippen molar-refractivity contribution in [3.05, 3.63) is 97.2 Å². The Hall–Kier alpha value is -3.80. The molecule has 0 heterocycles. The molecule has 0 amide bonds. The molecule has 0 bridgehead atoms. The van der Waals surface area contributed by atoms with Crippen LogP contribution in [0.1, 0.15) is 129 Å². The highest BCUT2D eigenvalue weighted by atomic mass is 16.4. The molecule has 0 aromatic carbocycles. The number of aliphatic carboxylic acids is 2. The van der Waals surface area contributed by atoms with Crippen LogP contribution in [0.4, 0.5) is 0 Å². The van der Waals surface area contributed by atoms with Crippen LogP contribution in [0.2, 0.25) is 0 Å². The molecule has 46 heavy (non-hydrogen) atoms. The van der Waals surface area contributed by atoms with Gasteiger partial charge in [-0.15, -0.1) is 0 Å². The van der Waals surface area contributed by atoms with Crippen molar-refractivity contribution in [1.82, 2.24) is 0 Å². The van der Waals surface area contributed by atoms with Gasteiger partial charge in [-0.05, 0) is 31.4 Å². The molecule has 256 valence electrons. The lowest BCUT2D eigenvalue weighted by molar-refractivity contribution is -0.132. The van der Waals surface area contributed by atoms with Crippen LogP contribution in [0.25, 0.3) is 0 Å². The maximum absolute atomic E-state index is 11.6. The van der Waals surface area contributed by atoms with E-state index in [-0.39, 0.29) is 18.0 Å². The highest BCUT2D eigenvalue weighted by Gasteiger charge is 1.97. The minimum atomic E-state index is -1.03. The number of hydrogen-bond acceptors (Lipinski definition) is 4. The Kier molecular flexibility index (Phi) is 36.0. The molecule has 2 N–H and O–H groups in total. The molecular weight excluding hydrogens is 576 g/mol. The summed E-state index contributed by atoms with van der Waals surface area (Å²) in [6, 6.07) is 0. The van der Waals surface area contributed by atoms with Gasteiger partial charge in [0.05, 0.1) is 0 Å². The number of ketones is 2. The number of allylic oxidation sites excluding steroid dienone is 14. The van der Waals surface area contributed by atoms with Crippen molar-refractivity contribution < 1.29 is 29.4 Å². The molecule has 6 nitrogen and oxygen atoms in total. The quantitative estimate of drug-likeness (QED) is 0.0502. The molecule has 0 saturated carbocycles. The summed E-state index contributed by atoms with van der Waals surface area (Å²) in [6.45, 7) is 4.46. The maximum atomic E-state index is 11.6. The predicted molar refractivity (Wildman–Crippen MR) is 193 cm³/mol. The lowest BCUT2D eigenvalue weighted by atomic mass is 10.1. The number of rotatable bonds is 28. The average molecular weight is 637 g/mol. The summed E-state index contributed by atoms with van der Waals surface area (Å²) in [5.74, 6) is -1.95. The summed E-state index contributed by atoms with van der Waals surface area (Å²) in [4.78, 5) is 43.4. The second kappa shape index (κ2) is 37.4. The number of carboxylic acids is 2. The van der Waals surface area contributed by atoms with E-state index >= 15 is 0 Å². The standard InChI is InChI=1S/2C20H30O3/c1-2-3-4-5-6-7-10-13-16-19(21)17-14-11-8-9-12-15-18-20(22)23;1-2-3-4-5-6-7-8-9-10-11-12-13-14-16-19(21)17-15-18-20(22)23/h8-9,11-12,14-15,17-18H,2-7,10,13,16H2,1H3,(H,22,23);10-16,18H,2-9,17H2,1H3,(H,22,23). The number of hydrogen-bond donors (Lipinski definition) is 2. The number of carboxylic acid groups (broad SMARTS) is 2. The molecular formula is C40H60O6. The number of carbonyl (C=O) groups excluding carboxylic acids is 2. The first-order valence-electron chi connectivity index (χ1n) is 17.2. The highest BCUT2D eigenvalue weighted by Crippen LogP contribution is 2.10. The van der Waals surface area contributed by atoms with E-state index in [1.807, 2.05) is 12.2 Å². The first-order chi connectivity index (χ1) is 22.3. The molecule has 0 aromatic heterocycles. The zero-order valence-corrected chi connectivity index (χ0v) is 28.5. The van der Waals surface area contributed by atoms with Crippen LogP contribution in [0.3, 0.4) is 0 Å². The first kappa shape index (κ1) is 44.3. The van der Waals surface area contributed by atoms with Gasteiger partial charge in [-0.1, -0.05) is 170 Å². The molecule has 0 saturated heterocycles. The molecule has 0 aliphatic carbocycles. The topological polar surface area (TPSA) is 109 Å². The Morgan fingerprint density at radius 3 is 1.35 bits per heavy atom. The molecule has 0 aromatic rings. The van der Waals surface area contributed by atoms with Crippen molar-refractivity contribution in [2.24, 2.45) is 0 Å². The van der Waals surface area contributed by atoms with Crippen LogP contribution < -0.4 is 0 Å². The van der Waals surface area contributed by atoms with E-state index in [9.17, 15) is 19.2 Å². The molecule has 0 rings (SSSR count). The van der Waals surface area contributed by atoms with Crippen molar-refractivity contribution in [3.63, 3.8) is 0 Å². The molecule has 0 radical (unpaired) electrons. The van der Waals surface area contributed by atoms with Crippen LogP contribution in [0, 0.1) is 0 Å². The molecule has 0 fully saturated rings. The fraction of sp³-hybridized carbons (Fsp3) is 0.500. The van der Waals surface area contributed by atoms with Gasteiger partial charge in [0.2, 0.25) is 0 Å². The van der Waals surface area contributed by atoms with Crippen LogP contribution in [0.5, 0.6) is 0 Å². The third-order valence-corrected chi connectivity index (χ3v) is 6.66. The van der Waals surface area contributed by atoms with Crippen LogP contribution >= 0.6 is 0 Å². The third kappa shape index (κ3) is 42.3. The lowest BCUT2D eigenvalue weighted by Crippen LogP contribution is -1.92. The molecule has 0 aliphatic heterocycles. The SMILES string of the molecule is CCCCCCCCCC=CC=CC=CC(=O)CC=CC(=O)O.CCCCCCCCCCC(=O)C=CC=CC=CC=CC(=O)O. The summed E-state index contributed by atoms with van der Waals surface area (Å²) in [6.07, 6.45) is 47.0. The van der Waals surface area contributed by atoms with Gasteiger partial charge in [0, 0.05) is 25.0 Å². The van der Waals surface area contributed by atoms with E-state index in [4.69, 9.17) is 10.2 Å². The van der Waals surface area contributed by atoms with Gasteiger partial charge in [-0.25, -0.2) is 9.59 Å². The second-order valence-electron chi connectivity index (χ2n) is 11.0. The van der Waals surface area contributed by atoms with Crippen molar-refractivity contribution in [2.75, 3.05) is 0 Å². The van der Waals surface area contributed by atoms with E-state index < -0.39 is 11.9 Å². The summed E-state index contributed by atoms with van der Waals surface area (Å²) in [5.41, 5.74) is 0. The van der Waals surface area contributed by atoms with E-state index in [1.54, 1.807) is 48.6 Å². The monoisotopic (exact) mass is 636 g/mol. The first-order valence-corrected chi connectivity index (χ1v) is 17.2. The normalized spacial score (nSPS) is 12.2. The van der Waals surface area contributed by atoms with E-state index in [0.717, 1.165) is 31.4 Å². The van der Waals surface area contributed by atoms with Crippen LogP contribution in [-0.4, -0.2) is 33.7 Å². The van der Waals surface area contributed by atoms with Crippen molar-refractivity contribution in [3.8, 4) is 0 Å². The average Bonchev–Trinajstić information content (AvgIpc) is 3.02. The van der Waals surface area contributed by atoms with Gasteiger partial charge in [-0.2, -0.15) is 0 Å². The Balaban J connectivity index is 0. The Morgan fingerprint density at radius 1 is 0.413 bits per heavy atom. The van der Waals surface area contributed by atoms with E-state index in [0.29, 0.717) is 6.42 Å². The minimum absolute atomic E-state index is 0.112. The van der Waals surface area contributed by atoms with Crippen molar-refractivity contribution in [1.29, 1.82) is 0 Å². The second-order valence-corrected chi connectivity index (χ2v) is 11.0. The minimum Gasteiger partial charge on any atom is -0.478 e. The van der Waals surface area contributed by atoms with Gasteiger partial charge >= 0.3 is 11.9 Å². The largest absolute Gasteiger partial charge is 0.478 e. The fourth-order valence-electron chi connectivity index (χ4n) is 4.10. The molecule has 0 atom stereocenters. The van der Waals surface area contributed by atoms with E-state index in [1.165, 1.54) is 102 Å². The summed E-state index contributed by atoms with van der Waals surface area (Å²) in [5, 5.41) is 16.8. The van der Waals surface area contributed by atoms with E-state index in [2.05, 4.69) is 19.9 Å². The maximum Gasteiger partial charge on any atom is 0.328 e. The summed E-state index contributed by atoms with van der Waals surface area (Å²) >= 11 is 0. The summed E-state index contributed by atoms with van der Waals surface area (Å²) < 4.78 is 0. The molecule has 6 heteroatoms. The zero-order chi connectivity index (χ0) is 34.4. The lowest BCUT2D eigenvalue weighted by Gasteiger charge is -2.00. The van der Waals surface area contributed by atoms with Gasteiger partial charge < -0.3 is 10.2 Å². The van der Waals surface area contributed by atoms with Gasteiger partial charge in [0.1, 0.15) is 0 Å². The Bertz CT molecular complexity index is 1020. The van der Waals surface area contributed by atoms with Crippen LogP contribution in [0.15, 0.2) is 97.2 Å². The van der Waals surface area contributed by atoms with Gasteiger partial charge in [-0.3, -0.25) is 9.59 Å².